The van der Waals surface area contributed by atoms with E-state index in [0.29, 0.717) is 17.2 Å². The van der Waals surface area contributed by atoms with Crippen molar-refractivity contribution in [3.8, 4) is 0 Å². The molecule has 3 aliphatic heterocycles. The largest absolute Gasteiger partial charge is 0.336 e. The van der Waals surface area contributed by atoms with Crippen molar-refractivity contribution in [2.75, 3.05) is 17.6 Å². The molecular formula is C24H34N4O3S. The van der Waals surface area contributed by atoms with Crippen molar-refractivity contribution in [3.63, 3.8) is 0 Å². The highest BCUT2D eigenvalue weighted by atomic mass is 32.2. The first-order chi connectivity index (χ1) is 15.4. The Morgan fingerprint density at radius 1 is 1.22 bits per heavy atom. The Labute approximate surface area is 194 Å². The minimum atomic E-state index is -0.0572. The Hall–Kier alpha value is -2.22. The van der Waals surface area contributed by atoms with Gasteiger partial charge in [0.25, 0.3) is 5.91 Å². The van der Waals surface area contributed by atoms with Gasteiger partial charge in [0.2, 0.25) is 5.91 Å². The first-order valence-electron chi connectivity index (χ1n) is 11.8. The number of thioether (sulfide) groups is 1. The van der Waals surface area contributed by atoms with Gasteiger partial charge in [-0.25, -0.2) is 4.79 Å². The van der Waals surface area contributed by atoms with Gasteiger partial charge in [0, 0.05) is 41.3 Å². The van der Waals surface area contributed by atoms with E-state index in [1.807, 2.05) is 41.8 Å². The second kappa shape index (κ2) is 10.1. The maximum absolute atomic E-state index is 12.9. The molecule has 0 bridgehead atoms. The summed E-state index contributed by atoms with van der Waals surface area (Å²) in [6.07, 6.45) is 6.58. The molecule has 4 rings (SSSR count). The van der Waals surface area contributed by atoms with Crippen LogP contribution in [0.5, 0.6) is 0 Å². The summed E-state index contributed by atoms with van der Waals surface area (Å²) in [6.45, 7) is 4.87. The molecule has 3 aliphatic rings. The minimum Gasteiger partial charge on any atom is -0.336 e. The molecule has 3 saturated heterocycles. The highest BCUT2D eigenvalue weighted by Gasteiger charge is 2.42. The number of aryl methyl sites for hydroxylation is 1. The van der Waals surface area contributed by atoms with Crippen molar-refractivity contribution in [3.05, 3.63) is 29.3 Å². The molecular weight excluding hydrogens is 424 g/mol. The molecule has 0 saturated carbocycles. The number of benzene rings is 1. The molecule has 0 spiro atoms. The molecule has 1 unspecified atom stereocenters. The van der Waals surface area contributed by atoms with E-state index in [-0.39, 0.29) is 36.0 Å². The maximum atomic E-state index is 12.9. The topological polar surface area (TPSA) is 90.5 Å². The number of anilines is 1. The van der Waals surface area contributed by atoms with Gasteiger partial charge in [0.1, 0.15) is 0 Å². The number of nitrogens with zero attached hydrogens (tertiary/aromatic N) is 1. The second-order valence-electron chi connectivity index (χ2n) is 9.29. The van der Waals surface area contributed by atoms with E-state index in [0.717, 1.165) is 55.7 Å². The third-order valence-corrected chi connectivity index (χ3v) is 8.40. The zero-order chi connectivity index (χ0) is 22.7. The van der Waals surface area contributed by atoms with Gasteiger partial charge in [-0.3, -0.25) is 9.59 Å². The Bertz CT molecular complexity index is 877. The zero-order valence-corrected chi connectivity index (χ0v) is 19.8. The number of hydrogen-bond donors (Lipinski definition) is 3. The van der Waals surface area contributed by atoms with Gasteiger partial charge in [-0.1, -0.05) is 6.42 Å². The first kappa shape index (κ1) is 23.0. The summed E-state index contributed by atoms with van der Waals surface area (Å²) in [5, 5.41) is 9.40. The number of rotatable bonds is 7. The number of piperidine rings is 1. The van der Waals surface area contributed by atoms with Gasteiger partial charge in [-0.2, -0.15) is 11.8 Å². The number of carbonyl (C=O) groups excluding carboxylic acids is 3. The van der Waals surface area contributed by atoms with Crippen LogP contribution in [0.2, 0.25) is 0 Å². The van der Waals surface area contributed by atoms with Gasteiger partial charge in [0.15, 0.2) is 0 Å². The number of hydrogen-bond acceptors (Lipinski definition) is 4. The summed E-state index contributed by atoms with van der Waals surface area (Å²) in [6, 6.07) is 6.25. The Morgan fingerprint density at radius 3 is 2.84 bits per heavy atom. The SMILES string of the molecule is Cc1cc(C(=O)N2CCCCC2C)ccc1NC(=O)CCCC[C@@H]1SC[C@@H]2NC(=O)N[C@@H]21. The number of urea groups is 1. The van der Waals surface area contributed by atoms with Crippen LogP contribution in [0.15, 0.2) is 18.2 Å². The van der Waals surface area contributed by atoms with E-state index >= 15 is 0 Å². The monoisotopic (exact) mass is 458 g/mol. The van der Waals surface area contributed by atoms with E-state index in [1.165, 1.54) is 6.42 Å². The fourth-order valence-electron chi connectivity index (χ4n) is 4.99. The molecule has 0 radical (unpaired) electrons. The average molecular weight is 459 g/mol. The Kier molecular flexibility index (Phi) is 7.28. The molecule has 3 N–H and O–H groups in total. The number of nitrogens with one attached hydrogen (secondary N) is 3. The summed E-state index contributed by atoms with van der Waals surface area (Å²) >= 11 is 1.90. The van der Waals surface area contributed by atoms with Crippen LogP contribution in [0.3, 0.4) is 0 Å². The molecule has 3 fully saturated rings. The van der Waals surface area contributed by atoms with Crippen LogP contribution in [-0.2, 0) is 4.79 Å². The fourth-order valence-corrected chi connectivity index (χ4v) is 6.53. The average Bonchev–Trinajstić information content (AvgIpc) is 3.32. The molecule has 0 aliphatic carbocycles. The smallest absolute Gasteiger partial charge is 0.315 e. The zero-order valence-electron chi connectivity index (χ0n) is 19.0. The Morgan fingerprint density at radius 2 is 2.06 bits per heavy atom. The van der Waals surface area contributed by atoms with Crippen molar-refractivity contribution in [2.24, 2.45) is 0 Å². The lowest BCUT2D eigenvalue weighted by atomic mass is 10.0. The number of unbranched alkanes of at least 4 members (excludes halogenated alkanes) is 1. The van der Waals surface area contributed by atoms with Crippen molar-refractivity contribution >= 4 is 35.3 Å². The molecule has 1 aromatic carbocycles. The van der Waals surface area contributed by atoms with Crippen molar-refractivity contribution < 1.29 is 14.4 Å². The van der Waals surface area contributed by atoms with Crippen LogP contribution < -0.4 is 16.0 Å². The van der Waals surface area contributed by atoms with Crippen molar-refractivity contribution in [1.29, 1.82) is 0 Å². The highest BCUT2D eigenvalue weighted by molar-refractivity contribution is 8.00. The summed E-state index contributed by atoms with van der Waals surface area (Å²) in [5.41, 5.74) is 2.37. The predicted octanol–water partition coefficient (Wildman–Crippen LogP) is 3.67. The fraction of sp³-hybridized carbons (Fsp3) is 0.625. The van der Waals surface area contributed by atoms with Crippen LogP contribution in [0.1, 0.15) is 67.8 Å². The van der Waals surface area contributed by atoms with Crippen LogP contribution in [0.25, 0.3) is 0 Å². The number of carbonyl (C=O) groups is 3. The van der Waals surface area contributed by atoms with Gasteiger partial charge in [-0.15, -0.1) is 0 Å². The number of amides is 4. The van der Waals surface area contributed by atoms with Crippen LogP contribution in [0, 0.1) is 6.92 Å². The molecule has 174 valence electrons. The van der Waals surface area contributed by atoms with E-state index in [1.54, 1.807) is 0 Å². The van der Waals surface area contributed by atoms with Crippen molar-refractivity contribution in [2.45, 2.75) is 82.2 Å². The lowest BCUT2D eigenvalue weighted by Gasteiger charge is -2.33. The molecule has 4 atom stereocenters. The van der Waals surface area contributed by atoms with Crippen LogP contribution in [-0.4, -0.2) is 58.4 Å². The van der Waals surface area contributed by atoms with Crippen molar-refractivity contribution in [1.82, 2.24) is 15.5 Å². The number of fused-ring (bicyclic) bond motifs is 1. The molecule has 8 heteroatoms. The standard InChI is InChI=1S/C24H34N4O3S/c1-15-13-17(23(30)28-12-6-5-7-16(28)2)10-11-18(15)25-21(29)9-4-3-8-20-22-19(14-32-20)26-24(31)27-22/h10-11,13,16,19-20,22H,3-9,12,14H2,1-2H3,(H,25,29)(H2,26,27,31)/t16?,19-,20-,22-/m0/s1. The van der Waals surface area contributed by atoms with Crippen LogP contribution in [0.4, 0.5) is 10.5 Å². The lowest BCUT2D eigenvalue weighted by molar-refractivity contribution is -0.116. The molecule has 32 heavy (non-hydrogen) atoms. The van der Waals surface area contributed by atoms with E-state index < -0.39 is 0 Å². The van der Waals surface area contributed by atoms with Gasteiger partial charge < -0.3 is 20.9 Å². The lowest BCUT2D eigenvalue weighted by Crippen LogP contribution is -2.42. The molecule has 4 amide bonds. The third kappa shape index (κ3) is 5.22. The molecule has 3 heterocycles. The van der Waals surface area contributed by atoms with Crippen LogP contribution >= 0.6 is 11.8 Å². The van der Waals surface area contributed by atoms with E-state index in [2.05, 4.69) is 22.9 Å². The number of likely N-dealkylation sites (tertiary alicyclic amines) is 1. The van der Waals surface area contributed by atoms with Gasteiger partial charge in [0.05, 0.1) is 12.1 Å². The normalized spacial score (nSPS) is 26.9. The summed E-state index contributed by atoms with van der Waals surface area (Å²) < 4.78 is 0. The van der Waals surface area contributed by atoms with E-state index in [4.69, 9.17) is 0 Å². The second-order valence-corrected chi connectivity index (χ2v) is 10.6. The molecule has 0 aromatic heterocycles. The first-order valence-corrected chi connectivity index (χ1v) is 12.9. The molecule has 7 nitrogen and oxygen atoms in total. The predicted molar refractivity (Wildman–Crippen MR) is 128 cm³/mol. The van der Waals surface area contributed by atoms with Gasteiger partial charge in [-0.05, 0) is 69.7 Å². The summed E-state index contributed by atoms with van der Waals surface area (Å²) in [7, 11) is 0. The quantitative estimate of drug-likeness (QED) is 0.429. The summed E-state index contributed by atoms with van der Waals surface area (Å²) in [4.78, 5) is 38.8. The summed E-state index contributed by atoms with van der Waals surface area (Å²) in [5.74, 6) is 1.05. The maximum Gasteiger partial charge on any atom is 0.315 e. The molecule has 1 aromatic rings. The minimum absolute atomic E-state index is 0.00427. The van der Waals surface area contributed by atoms with E-state index in [9.17, 15) is 14.4 Å². The Balaban J connectivity index is 1.22. The third-order valence-electron chi connectivity index (χ3n) is 6.89. The van der Waals surface area contributed by atoms with Gasteiger partial charge >= 0.3 is 6.03 Å². The highest BCUT2D eigenvalue weighted by Crippen LogP contribution is 2.33.